The van der Waals surface area contributed by atoms with E-state index in [-0.39, 0.29) is 0 Å². The molecule has 0 aliphatic heterocycles. The molecule has 0 fully saturated rings. The second-order valence-electron chi connectivity index (χ2n) is 3.61. The van der Waals surface area contributed by atoms with Crippen molar-refractivity contribution in [3.8, 4) is 0 Å². The minimum atomic E-state index is -1.03. The van der Waals surface area contributed by atoms with Crippen LogP contribution in [-0.2, 0) is 11.3 Å². The molecule has 0 radical (unpaired) electrons. The van der Waals surface area contributed by atoms with E-state index in [9.17, 15) is 9.59 Å². The summed E-state index contributed by atoms with van der Waals surface area (Å²) >= 11 is 0. The summed E-state index contributed by atoms with van der Waals surface area (Å²) in [7, 11) is 0. The number of hydrogen-bond acceptors (Lipinski definition) is 2. The Morgan fingerprint density at radius 3 is 2.47 bits per heavy atom. The van der Waals surface area contributed by atoms with Crippen molar-refractivity contribution in [2.45, 2.75) is 25.9 Å². The smallest absolute Gasteiger partial charge is 0.326 e. The van der Waals surface area contributed by atoms with E-state index in [1.807, 2.05) is 30.3 Å². The highest BCUT2D eigenvalue weighted by molar-refractivity contribution is 5.82. The van der Waals surface area contributed by atoms with Crippen LogP contribution in [0.1, 0.15) is 18.9 Å². The lowest BCUT2D eigenvalue weighted by Gasteiger charge is -2.13. The van der Waals surface area contributed by atoms with E-state index in [0.29, 0.717) is 13.0 Å². The molecule has 1 atom stereocenters. The van der Waals surface area contributed by atoms with Crippen LogP contribution in [0.25, 0.3) is 0 Å². The molecule has 1 unspecified atom stereocenters. The van der Waals surface area contributed by atoms with Crippen molar-refractivity contribution in [2.24, 2.45) is 0 Å². The van der Waals surface area contributed by atoms with E-state index in [0.717, 1.165) is 5.56 Å². The Morgan fingerprint density at radius 1 is 1.29 bits per heavy atom. The average molecular weight is 236 g/mol. The van der Waals surface area contributed by atoms with E-state index in [1.54, 1.807) is 6.92 Å². The van der Waals surface area contributed by atoms with Gasteiger partial charge in [-0.2, -0.15) is 0 Å². The summed E-state index contributed by atoms with van der Waals surface area (Å²) < 4.78 is 0. The summed E-state index contributed by atoms with van der Waals surface area (Å²) in [5.41, 5.74) is 0.964. The predicted octanol–water partition coefficient (Wildman–Crippen LogP) is 1.35. The van der Waals surface area contributed by atoms with Crippen LogP contribution in [0.15, 0.2) is 30.3 Å². The second kappa shape index (κ2) is 6.52. The third-order valence-electron chi connectivity index (χ3n) is 2.31. The fraction of sp³-hybridized carbons (Fsp3) is 0.333. The van der Waals surface area contributed by atoms with Crippen LogP contribution in [0.2, 0.25) is 0 Å². The molecule has 0 saturated carbocycles. The molecule has 1 rings (SSSR count). The van der Waals surface area contributed by atoms with Gasteiger partial charge in [0, 0.05) is 6.54 Å². The highest BCUT2D eigenvalue weighted by Crippen LogP contribution is 1.97. The number of carbonyl (C=O) groups is 2. The number of amides is 2. The summed E-state index contributed by atoms with van der Waals surface area (Å²) in [6.45, 7) is 2.08. The van der Waals surface area contributed by atoms with Crippen molar-refractivity contribution < 1.29 is 14.7 Å². The van der Waals surface area contributed by atoms with Crippen molar-refractivity contribution in [3.63, 3.8) is 0 Å². The van der Waals surface area contributed by atoms with Gasteiger partial charge in [-0.05, 0) is 12.0 Å². The molecule has 0 saturated heterocycles. The fourth-order valence-corrected chi connectivity index (χ4v) is 1.33. The SMILES string of the molecule is CCC(NC(=O)NCc1ccccc1)C(=O)O. The van der Waals surface area contributed by atoms with E-state index in [2.05, 4.69) is 10.6 Å². The first-order valence-electron chi connectivity index (χ1n) is 5.44. The maximum Gasteiger partial charge on any atom is 0.326 e. The van der Waals surface area contributed by atoms with Gasteiger partial charge >= 0.3 is 12.0 Å². The maximum absolute atomic E-state index is 11.4. The number of carboxylic acid groups (broad SMARTS) is 1. The number of benzene rings is 1. The highest BCUT2D eigenvalue weighted by Gasteiger charge is 2.16. The Bertz CT molecular complexity index is 379. The molecule has 5 nitrogen and oxygen atoms in total. The number of nitrogens with one attached hydrogen (secondary N) is 2. The molecule has 0 bridgehead atoms. The van der Waals surface area contributed by atoms with Gasteiger partial charge in [-0.3, -0.25) is 0 Å². The van der Waals surface area contributed by atoms with Crippen LogP contribution in [0.4, 0.5) is 4.79 Å². The van der Waals surface area contributed by atoms with Gasteiger partial charge in [-0.15, -0.1) is 0 Å². The first-order valence-corrected chi connectivity index (χ1v) is 5.44. The van der Waals surface area contributed by atoms with Crippen LogP contribution in [0.3, 0.4) is 0 Å². The Morgan fingerprint density at radius 2 is 1.94 bits per heavy atom. The average Bonchev–Trinajstić information content (AvgIpc) is 2.34. The lowest BCUT2D eigenvalue weighted by molar-refractivity contribution is -0.139. The number of carboxylic acids is 1. The van der Waals surface area contributed by atoms with Gasteiger partial charge in [0.15, 0.2) is 0 Å². The van der Waals surface area contributed by atoms with E-state index < -0.39 is 18.0 Å². The van der Waals surface area contributed by atoms with Gasteiger partial charge in [0.1, 0.15) is 6.04 Å². The lowest BCUT2D eigenvalue weighted by atomic mass is 10.2. The minimum Gasteiger partial charge on any atom is -0.480 e. The van der Waals surface area contributed by atoms with Crippen molar-refractivity contribution in [2.75, 3.05) is 0 Å². The van der Waals surface area contributed by atoms with Crippen molar-refractivity contribution in [1.82, 2.24) is 10.6 Å². The molecule has 1 aromatic rings. The topological polar surface area (TPSA) is 78.4 Å². The Hall–Kier alpha value is -2.04. The molecule has 0 aliphatic carbocycles. The molecule has 0 spiro atoms. The number of aliphatic carboxylic acids is 1. The number of urea groups is 1. The van der Waals surface area contributed by atoms with Gasteiger partial charge in [0.25, 0.3) is 0 Å². The Balaban J connectivity index is 2.37. The summed E-state index contributed by atoms with van der Waals surface area (Å²) in [6.07, 6.45) is 0.355. The normalized spacial score (nSPS) is 11.6. The van der Waals surface area contributed by atoms with Gasteiger partial charge in [-0.25, -0.2) is 9.59 Å². The molecule has 3 N–H and O–H groups in total. The van der Waals surface area contributed by atoms with E-state index in [1.165, 1.54) is 0 Å². The molecule has 17 heavy (non-hydrogen) atoms. The molecule has 2 amide bonds. The molecule has 1 aromatic carbocycles. The van der Waals surface area contributed by atoms with Crippen molar-refractivity contribution in [3.05, 3.63) is 35.9 Å². The van der Waals surface area contributed by atoms with Crippen molar-refractivity contribution in [1.29, 1.82) is 0 Å². The zero-order chi connectivity index (χ0) is 12.7. The van der Waals surface area contributed by atoms with Gasteiger partial charge < -0.3 is 15.7 Å². The van der Waals surface area contributed by atoms with Gasteiger partial charge in [-0.1, -0.05) is 37.3 Å². The first-order chi connectivity index (χ1) is 8.13. The first kappa shape index (κ1) is 13.0. The predicted molar refractivity (Wildman–Crippen MR) is 63.5 cm³/mol. The molecule has 92 valence electrons. The molecule has 5 heteroatoms. The minimum absolute atomic E-state index is 0.355. The van der Waals surface area contributed by atoms with Crippen LogP contribution in [-0.4, -0.2) is 23.1 Å². The molecular formula is C12H16N2O3. The monoisotopic (exact) mass is 236 g/mol. The summed E-state index contributed by atoms with van der Waals surface area (Å²) in [6, 6.07) is 8.10. The number of carbonyl (C=O) groups excluding carboxylic acids is 1. The third kappa shape index (κ3) is 4.55. The largest absolute Gasteiger partial charge is 0.480 e. The fourth-order valence-electron chi connectivity index (χ4n) is 1.33. The Kier molecular flexibility index (Phi) is 5.00. The van der Waals surface area contributed by atoms with Crippen LogP contribution in [0.5, 0.6) is 0 Å². The van der Waals surface area contributed by atoms with Gasteiger partial charge in [0.2, 0.25) is 0 Å². The quantitative estimate of drug-likeness (QED) is 0.722. The van der Waals surface area contributed by atoms with Crippen LogP contribution >= 0.6 is 0 Å². The maximum atomic E-state index is 11.4. The zero-order valence-corrected chi connectivity index (χ0v) is 9.64. The van der Waals surface area contributed by atoms with Crippen molar-refractivity contribution >= 4 is 12.0 Å². The van der Waals surface area contributed by atoms with Crippen LogP contribution < -0.4 is 10.6 Å². The summed E-state index contributed by atoms with van der Waals surface area (Å²) in [4.78, 5) is 22.1. The lowest BCUT2D eigenvalue weighted by Crippen LogP contribution is -2.45. The van der Waals surface area contributed by atoms with E-state index in [4.69, 9.17) is 5.11 Å². The summed E-state index contributed by atoms with van der Waals surface area (Å²) in [5, 5.41) is 13.8. The third-order valence-corrected chi connectivity index (χ3v) is 2.31. The zero-order valence-electron chi connectivity index (χ0n) is 9.64. The number of hydrogen-bond donors (Lipinski definition) is 3. The van der Waals surface area contributed by atoms with E-state index >= 15 is 0 Å². The number of rotatable bonds is 5. The highest BCUT2D eigenvalue weighted by atomic mass is 16.4. The second-order valence-corrected chi connectivity index (χ2v) is 3.61. The molecular weight excluding hydrogens is 220 g/mol. The molecule has 0 aromatic heterocycles. The molecule has 0 heterocycles. The standard InChI is InChI=1S/C12H16N2O3/c1-2-10(11(15)16)14-12(17)13-8-9-6-4-3-5-7-9/h3-7,10H,2,8H2,1H3,(H,15,16)(H2,13,14,17). The van der Waals surface area contributed by atoms with Gasteiger partial charge in [0.05, 0.1) is 0 Å². The van der Waals surface area contributed by atoms with Crippen LogP contribution in [0, 0.1) is 0 Å². The Labute approximate surface area is 99.8 Å². The summed E-state index contributed by atoms with van der Waals surface area (Å²) in [5.74, 6) is -1.03. The molecule has 0 aliphatic rings.